The first kappa shape index (κ1) is 14.1. The summed E-state index contributed by atoms with van der Waals surface area (Å²) in [7, 11) is 1.49. The van der Waals surface area contributed by atoms with Gasteiger partial charge in [0.2, 0.25) is 11.6 Å². The third kappa shape index (κ3) is 3.50. The Kier molecular flexibility index (Phi) is 5.21. The molecule has 0 spiro atoms. The molecule has 0 aliphatic carbocycles. The summed E-state index contributed by atoms with van der Waals surface area (Å²) in [6, 6.07) is -0.298. The summed E-state index contributed by atoms with van der Waals surface area (Å²) in [5.41, 5.74) is 5.05. The van der Waals surface area contributed by atoms with E-state index in [0.717, 1.165) is 6.33 Å². The molecule has 4 N–H and O–H groups in total. The highest BCUT2D eigenvalue weighted by atomic mass is 16.6. The first-order valence-electron chi connectivity index (χ1n) is 5.21. The van der Waals surface area contributed by atoms with Crippen molar-refractivity contribution >= 4 is 17.3 Å². The fraction of sp³-hybridized carbons (Fsp3) is 0.556. The number of aliphatic hydroxyl groups is 1. The number of nitrogens with two attached hydrogens (primary N) is 1. The molecular formula is C9H15N5O4. The van der Waals surface area contributed by atoms with Gasteiger partial charge in [-0.2, -0.15) is 0 Å². The zero-order valence-electron chi connectivity index (χ0n) is 9.87. The fourth-order valence-corrected chi connectivity index (χ4v) is 1.43. The Labute approximate surface area is 103 Å². The van der Waals surface area contributed by atoms with E-state index in [-0.39, 0.29) is 36.6 Å². The van der Waals surface area contributed by atoms with Crippen molar-refractivity contribution in [1.29, 1.82) is 0 Å². The molecule has 1 aromatic rings. The average molecular weight is 257 g/mol. The second-order valence-corrected chi connectivity index (χ2v) is 3.52. The van der Waals surface area contributed by atoms with Gasteiger partial charge < -0.3 is 20.9 Å². The molecule has 0 radical (unpaired) electrons. The van der Waals surface area contributed by atoms with E-state index >= 15 is 0 Å². The van der Waals surface area contributed by atoms with Crippen molar-refractivity contribution in [2.75, 3.05) is 31.4 Å². The first-order chi connectivity index (χ1) is 8.60. The van der Waals surface area contributed by atoms with Crippen LogP contribution in [-0.4, -0.2) is 46.4 Å². The summed E-state index contributed by atoms with van der Waals surface area (Å²) in [4.78, 5) is 17.6. The smallest absolute Gasteiger partial charge is 0.352 e. The van der Waals surface area contributed by atoms with Crippen LogP contribution in [0.25, 0.3) is 0 Å². The predicted molar refractivity (Wildman–Crippen MR) is 64.1 cm³/mol. The maximum atomic E-state index is 10.9. The van der Waals surface area contributed by atoms with Crippen LogP contribution in [0.4, 0.5) is 17.3 Å². The van der Waals surface area contributed by atoms with Crippen LogP contribution in [0, 0.1) is 10.1 Å². The van der Waals surface area contributed by atoms with Gasteiger partial charge in [0.25, 0.3) is 0 Å². The predicted octanol–water partition coefficient (Wildman–Crippen LogP) is -0.224. The number of nitrogen functional groups attached to an aromatic ring is 1. The van der Waals surface area contributed by atoms with Crippen molar-refractivity contribution in [2.45, 2.75) is 12.5 Å². The number of aromatic nitrogens is 2. The molecule has 1 rings (SSSR count). The molecule has 0 saturated carbocycles. The van der Waals surface area contributed by atoms with E-state index in [4.69, 9.17) is 15.6 Å². The quantitative estimate of drug-likeness (QED) is 0.450. The van der Waals surface area contributed by atoms with Crippen molar-refractivity contribution in [2.24, 2.45) is 0 Å². The van der Waals surface area contributed by atoms with Crippen molar-refractivity contribution in [3.05, 3.63) is 16.4 Å². The average Bonchev–Trinajstić information content (AvgIpc) is 2.29. The number of nitro groups is 1. The molecule has 9 nitrogen and oxygen atoms in total. The highest BCUT2D eigenvalue weighted by molar-refractivity contribution is 5.67. The van der Waals surface area contributed by atoms with Crippen LogP contribution >= 0.6 is 0 Å². The minimum atomic E-state index is -0.652. The minimum Gasteiger partial charge on any atom is -0.396 e. The van der Waals surface area contributed by atoms with E-state index in [0.29, 0.717) is 6.42 Å². The Morgan fingerprint density at radius 1 is 1.67 bits per heavy atom. The summed E-state index contributed by atoms with van der Waals surface area (Å²) in [5.74, 6) is -0.194. The highest BCUT2D eigenvalue weighted by Crippen LogP contribution is 2.26. The van der Waals surface area contributed by atoms with Gasteiger partial charge in [-0.05, 0) is 6.42 Å². The molecule has 18 heavy (non-hydrogen) atoms. The number of nitrogens with one attached hydrogen (secondary N) is 1. The molecule has 9 heteroatoms. The van der Waals surface area contributed by atoms with Gasteiger partial charge in [0.05, 0.1) is 17.6 Å². The molecule has 0 saturated heterocycles. The normalized spacial score (nSPS) is 12.1. The second kappa shape index (κ2) is 6.67. The SMILES string of the molecule is COCC(CCO)Nc1ncnc(N)c1[N+](=O)[O-]. The van der Waals surface area contributed by atoms with Crippen LogP contribution in [-0.2, 0) is 4.74 Å². The van der Waals surface area contributed by atoms with Crippen molar-refractivity contribution < 1.29 is 14.8 Å². The van der Waals surface area contributed by atoms with E-state index in [9.17, 15) is 10.1 Å². The third-order valence-electron chi connectivity index (χ3n) is 2.22. The van der Waals surface area contributed by atoms with Gasteiger partial charge in [0, 0.05) is 13.7 Å². The van der Waals surface area contributed by atoms with Crippen LogP contribution < -0.4 is 11.1 Å². The molecule has 1 heterocycles. The van der Waals surface area contributed by atoms with Crippen molar-refractivity contribution in [3.63, 3.8) is 0 Å². The molecule has 0 amide bonds. The van der Waals surface area contributed by atoms with E-state index in [2.05, 4.69) is 15.3 Å². The van der Waals surface area contributed by atoms with Gasteiger partial charge >= 0.3 is 5.69 Å². The van der Waals surface area contributed by atoms with Gasteiger partial charge in [-0.15, -0.1) is 0 Å². The van der Waals surface area contributed by atoms with Crippen LogP contribution in [0.5, 0.6) is 0 Å². The maximum absolute atomic E-state index is 10.9. The third-order valence-corrected chi connectivity index (χ3v) is 2.22. The second-order valence-electron chi connectivity index (χ2n) is 3.52. The van der Waals surface area contributed by atoms with Crippen LogP contribution in [0.1, 0.15) is 6.42 Å². The zero-order valence-corrected chi connectivity index (χ0v) is 9.87. The first-order valence-corrected chi connectivity index (χ1v) is 5.21. The fourth-order valence-electron chi connectivity index (χ4n) is 1.43. The van der Waals surface area contributed by atoms with Crippen molar-refractivity contribution in [1.82, 2.24) is 9.97 Å². The monoisotopic (exact) mass is 257 g/mol. The number of ether oxygens (including phenoxy) is 1. The summed E-state index contributed by atoms with van der Waals surface area (Å²) >= 11 is 0. The molecule has 100 valence electrons. The molecule has 1 unspecified atom stereocenters. The molecule has 0 bridgehead atoms. The number of aliphatic hydroxyl groups excluding tert-OH is 1. The number of anilines is 2. The lowest BCUT2D eigenvalue weighted by Crippen LogP contribution is -2.27. The van der Waals surface area contributed by atoms with Gasteiger partial charge in [0.15, 0.2) is 0 Å². The van der Waals surface area contributed by atoms with E-state index in [1.165, 1.54) is 7.11 Å². The lowest BCUT2D eigenvalue weighted by molar-refractivity contribution is -0.383. The minimum absolute atomic E-state index is 0.0167. The number of hydrogen-bond donors (Lipinski definition) is 3. The molecule has 0 aliphatic rings. The summed E-state index contributed by atoms with van der Waals surface area (Å²) in [6.07, 6.45) is 1.50. The number of hydrogen-bond acceptors (Lipinski definition) is 8. The summed E-state index contributed by atoms with van der Waals surface area (Å²) in [6.45, 7) is 0.205. The van der Waals surface area contributed by atoms with E-state index in [1.807, 2.05) is 0 Å². The molecular weight excluding hydrogens is 242 g/mol. The van der Waals surface area contributed by atoms with Gasteiger partial charge in [-0.1, -0.05) is 0 Å². The molecule has 1 aromatic heterocycles. The lowest BCUT2D eigenvalue weighted by atomic mass is 10.2. The largest absolute Gasteiger partial charge is 0.396 e. The van der Waals surface area contributed by atoms with Gasteiger partial charge in [-0.3, -0.25) is 10.1 Å². The Hall–Kier alpha value is -2.00. The molecule has 1 atom stereocenters. The topological polar surface area (TPSA) is 136 Å². The Bertz CT molecular complexity index is 408. The Balaban J connectivity index is 2.94. The molecule has 0 aromatic carbocycles. The zero-order chi connectivity index (χ0) is 13.5. The van der Waals surface area contributed by atoms with Gasteiger partial charge in [-0.25, -0.2) is 9.97 Å². The van der Waals surface area contributed by atoms with Crippen LogP contribution in [0.3, 0.4) is 0 Å². The number of methoxy groups -OCH3 is 1. The number of nitrogens with zero attached hydrogens (tertiary/aromatic N) is 3. The Morgan fingerprint density at radius 3 is 2.94 bits per heavy atom. The van der Waals surface area contributed by atoms with E-state index in [1.54, 1.807) is 0 Å². The Morgan fingerprint density at radius 2 is 2.39 bits per heavy atom. The standard InChI is InChI=1S/C9H15N5O4/c1-18-4-6(2-3-15)13-9-7(14(16)17)8(10)11-5-12-9/h5-6,15H,2-4H2,1H3,(H3,10,11,12,13). The maximum Gasteiger partial charge on any atom is 0.352 e. The van der Waals surface area contributed by atoms with Gasteiger partial charge in [0.1, 0.15) is 6.33 Å². The number of rotatable bonds is 7. The van der Waals surface area contributed by atoms with Crippen LogP contribution in [0.15, 0.2) is 6.33 Å². The lowest BCUT2D eigenvalue weighted by Gasteiger charge is -2.17. The van der Waals surface area contributed by atoms with Crippen molar-refractivity contribution in [3.8, 4) is 0 Å². The molecule has 0 aliphatic heterocycles. The summed E-state index contributed by atoms with van der Waals surface area (Å²) in [5, 5.41) is 22.6. The highest BCUT2D eigenvalue weighted by Gasteiger charge is 2.22. The summed E-state index contributed by atoms with van der Waals surface area (Å²) < 4.78 is 4.94. The van der Waals surface area contributed by atoms with E-state index < -0.39 is 4.92 Å². The van der Waals surface area contributed by atoms with Crippen LogP contribution in [0.2, 0.25) is 0 Å². The molecule has 0 fully saturated rings.